The fourth-order valence-electron chi connectivity index (χ4n) is 2.53. The molecule has 0 spiro atoms. The number of aryl methyl sites for hydroxylation is 1. The lowest BCUT2D eigenvalue weighted by Gasteiger charge is -2.06. The van der Waals surface area contributed by atoms with E-state index in [1.807, 2.05) is 31.2 Å². The van der Waals surface area contributed by atoms with E-state index in [0.717, 1.165) is 11.1 Å². The highest BCUT2D eigenvalue weighted by atomic mass is 16.5. The molecule has 28 heavy (non-hydrogen) atoms. The van der Waals surface area contributed by atoms with Crippen LogP contribution in [0.25, 0.3) is 11.3 Å². The number of methoxy groups -OCH3 is 1. The first-order valence-electron chi connectivity index (χ1n) is 8.81. The Labute approximate surface area is 162 Å². The van der Waals surface area contributed by atoms with Gasteiger partial charge in [-0.15, -0.1) is 0 Å². The minimum Gasteiger partial charge on any atom is -0.497 e. The molecule has 0 aliphatic carbocycles. The third-order valence-corrected chi connectivity index (χ3v) is 4.13. The largest absolute Gasteiger partial charge is 0.497 e. The van der Waals surface area contributed by atoms with Gasteiger partial charge in [0, 0.05) is 30.3 Å². The van der Waals surface area contributed by atoms with Gasteiger partial charge in [-0.2, -0.15) is 0 Å². The van der Waals surface area contributed by atoms with Gasteiger partial charge in [-0.05, 0) is 31.2 Å². The lowest BCUT2D eigenvalue weighted by molar-refractivity contribution is 0.0903. The Kier molecular flexibility index (Phi) is 6.06. The average Bonchev–Trinajstić information content (AvgIpc) is 3.22. The number of nitrogens with zero attached hydrogens (tertiary/aromatic N) is 1. The minimum absolute atomic E-state index is 0.122. The van der Waals surface area contributed by atoms with Crippen molar-refractivity contribution >= 4 is 11.8 Å². The second-order valence-electron chi connectivity index (χ2n) is 6.18. The summed E-state index contributed by atoms with van der Waals surface area (Å²) in [5.41, 5.74) is 3.13. The monoisotopic (exact) mass is 379 g/mol. The second-order valence-corrected chi connectivity index (χ2v) is 6.18. The predicted octanol–water partition coefficient (Wildman–Crippen LogP) is 2.82. The van der Waals surface area contributed by atoms with Crippen LogP contribution in [0.5, 0.6) is 5.75 Å². The zero-order valence-corrected chi connectivity index (χ0v) is 15.7. The topological polar surface area (TPSA) is 93.5 Å². The number of aromatic nitrogens is 1. The van der Waals surface area contributed by atoms with Crippen molar-refractivity contribution in [3.63, 3.8) is 0 Å². The molecule has 1 aromatic heterocycles. The van der Waals surface area contributed by atoms with E-state index in [4.69, 9.17) is 9.26 Å². The van der Waals surface area contributed by atoms with Gasteiger partial charge in [0.15, 0.2) is 0 Å². The molecule has 0 atom stereocenters. The summed E-state index contributed by atoms with van der Waals surface area (Å²) in [6.45, 7) is 2.55. The highest BCUT2D eigenvalue weighted by Gasteiger charge is 2.14. The van der Waals surface area contributed by atoms with E-state index in [9.17, 15) is 9.59 Å². The van der Waals surface area contributed by atoms with Gasteiger partial charge in [-0.25, -0.2) is 0 Å². The van der Waals surface area contributed by atoms with Gasteiger partial charge in [0.05, 0.1) is 7.11 Å². The summed E-state index contributed by atoms with van der Waals surface area (Å²) in [7, 11) is 1.57. The lowest BCUT2D eigenvalue weighted by Crippen LogP contribution is -2.34. The zero-order valence-electron chi connectivity index (χ0n) is 15.7. The molecule has 0 unspecified atom stereocenters. The third kappa shape index (κ3) is 4.76. The number of nitrogens with one attached hydrogen (secondary N) is 2. The van der Waals surface area contributed by atoms with Gasteiger partial charge in [0.25, 0.3) is 11.8 Å². The van der Waals surface area contributed by atoms with Crippen LogP contribution in [-0.2, 0) is 0 Å². The number of carbonyl (C=O) groups excluding carboxylic acids is 2. The molecule has 3 aromatic rings. The molecule has 144 valence electrons. The first-order chi connectivity index (χ1) is 13.6. The van der Waals surface area contributed by atoms with Gasteiger partial charge >= 0.3 is 0 Å². The molecule has 7 heteroatoms. The molecule has 0 bridgehead atoms. The molecular formula is C21H21N3O4. The van der Waals surface area contributed by atoms with Crippen LogP contribution in [0.1, 0.15) is 26.5 Å². The number of hydrogen-bond donors (Lipinski definition) is 2. The van der Waals surface area contributed by atoms with E-state index < -0.39 is 0 Å². The fraction of sp³-hybridized carbons (Fsp3) is 0.190. The molecule has 7 nitrogen and oxygen atoms in total. The average molecular weight is 379 g/mol. The Hall–Kier alpha value is -3.61. The smallest absolute Gasteiger partial charge is 0.289 e. The number of hydrogen-bond acceptors (Lipinski definition) is 5. The van der Waals surface area contributed by atoms with E-state index in [0.29, 0.717) is 17.0 Å². The summed E-state index contributed by atoms with van der Waals surface area (Å²) in [5, 5.41) is 9.36. The maximum absolute atomic E-state index is 12.2. The van der Waals surface area contributed by atoms with Crippen molar-refractivity contribution in [2.45, 2.75) is 6.92 Å². The van der Waals surface area contributed by atoms with Crippen LogP contribution >= 0.6 is 0 Å². The number of benzene rings is 2. The molecule has 0 fully saturated rings. The van der Waals surface area contributed by atoms with Crippen molar-refractivity contribution in [1.29, 1.82) is 0 Å². The number of carbonyl (C=O) groups is 2. The number of amides is 2. The summed E-state index contributed by atoms with van der Waals surface area (Å²) < 4.78 is 10.2. The highest BCUT2D eigenvalue weighted by molar-refractivity contribution is 5.94. The molecule has 0 radical (unpaired) electrons. The van der Waals surface area contributed by atoms with E-state index in [-0.39, 0.29) is 30.7 Å². The summed E-state index contributed by atoms with van der Waals surface area (Å²) >= 11 is 0. The van der Waals surface area contributed by atoms with Crippen molar-refractivity contribution in [2.75, 3.05) is 20.2 Å². The molecule has 0 aliphatic heterocycles. The molecule has 2 N–H and O–H groups in total. The van der Waals surface area contributed by atoms with Crippen molar-refractivity contribution < 1.29 is 18.8 Å². The molecule has 0 saturated carbocycles. The maximum Gasteiger partial charge on any atom is 0.289 e. The summed E-state index contributed by atoms with van der Waals surface area (Å²) in [6, 6.07) is 16.1. The van der Waals surface area contributed by atoms with Gasteiger partial charge in [-0.1, -0.05) is 35.0 Å². The Bertz CT molecular complexity index is 947. The molecular weight excluding hydrogens is 358 g/mol. The van der Waals surface area contributed by atoms with E-state index in [1.165, 1.54) is 0 Å². The molecule has 1 heterocycles. The van der Waals surface area contributed by atoms with Crippen LogP contribution in [0.15, 0.2) is 59.1 Å². The molecule has 2 aromatic carbocycles. The summed E-state index contributed by atoms with van der Waals surface area (Å²) in [5.74, 6) is 0.195. The standard InChI is InChI=1S/C21H21N3O4/c1-14-3-5-15(6-4-14)18-13-19(28-24-18)21(26)23-12-11-22-20(25)16-7-9-17(27-2)10-8-16/h3-10,13H,11-12H2,1-2H3,(H,22,25)(H,23,26). The Morgan fingerprint density at radius 3 is 2.25 bits per heavy atom. The van der Waals surface area contributed by atoms with Gasteiger partial charge in [0.2, 0.25) is 5.76 Å². The molecule has 0 aliphatic rings. The maximum atomic E-state index is 12.2. The Morgan fingerprint density at radius 1 is 0.964 bits per heavy atom. The molecule has 3 rings (SSSR count). The van der Waals surface area contributed by atoms with Crippen LogP contribution in [0.2, 0.25) is 0 Å². The Morgan fingerprint density at radius 2 is 1.61 bits per heavy atom. The van der Waals surface area contributed by atoms with Crippen molar-refractivity contribution in [1.82, 2.24) is 15.8 Å². The summed E-state index contributed by atoms with van der Waals surface area (Å²) in [6.07, 6.45) is 0. The van der Waals surface area contributed by atoms with Crippen LogP contribution in [0.3, 0.4) is 0 Å². The van der Waals surface area contributed by atoms with Crippen LogP contribution in [0.4, 0.5) is 0 Å². The van der Waals surface area contributed by atoms with Crippen LogP contribution in [0, 0.1) is 6.92 Å². The van der Waals surface area contributed by atoms with Crippen LogP contribution in [-0.4, -0.2) is 37.2 Å². The van der Waals surface area contributed by atoms with Crippen molar-refractivity contribution in [2.24, 2.45) is 0 Å². The Balaban J connectivity index is 1.46. The van der Waals surface area contributed by atoms with Gasteiger partial charge in [0.1, 0.15) is 11.4 Å². The second kappa shape index (κ2) is 8.85. The van der Waals surface area contributed by atoms with Crippen molar-refractivity contribution in [3.8, 4) is 17.0 Å². The predicted molar refractivity (Wildman–Crippen MR) is 104 cm³/mol. The SMILES string of the molecule is COc1ccc(C(=O)NCCNC(=O)c2cc(-c3ccc(C)cc3)no2)cc1. The minimum atomic E-state index is -0.385. The van der Waals surface area contributed by atoms with Gasteiger partial charge < -0.3 is 19.9 Å². The zero-order chi connectivity index (χ0) is 19.9. The first-order valence-corrected chi connectivity index (χ1v) is 8.81. The first kappa shape index (κ1) is 19.2. The fourth-order valence-corrected chi connectivity index (χ4v) is 2.53. The van der Waals surface area contributed by atoms with E-state index in [1.54, 1.807) is 37.4 Å². The number of ether oxygens (including phenoxy) is 1. The quantitative estimate of drug-likeness (QED) is 0.616. The van der Waals surface area contributed by atoms with Crippen LogP contribution < -0.4 is 15.4 Å². The molecule has 0 saturated heterocycles. The normalized spacial score (nSPS) is 10.4. The highest BCUT2D eigenvalue weighted by Crippen LogP contribution is 2.19. The van der Waals surface area contributed by atoms with Gasteiger partial charge in [-0.3, -0.25) is 9.59 Å². The van der Waals surface area contributed by atoms with E-state index in [2.05, 4.69) is 15.8 Å². The lowest BCUT2D eigenvalue weighted by atomic mass is 10.1. The van der Waals surface area contributed by atoms with E-state index >= 15 is 0 Å². The van der Waals surface area contributed by atoms with Crippen molar-refractivity contribution in [3.05, 3.63) is 71.5 Å². The molecule has 2 amide bonds. The number of rotatable bonds is 7. The third-order valence-electron chi connectivity index (χ3n) is 4.13. The summed E-state index contributed by atoms with van der Waals surface area (Å²) in [4.78, 5) is 24.2.